The lowest BCUT2D eigenvalue weighted by Gasteiger charge is -2.30. The summed E-state index contributed by atoms with van der Waals surface area (Å²) < 4.78 is 2.38. The van der Waals surface area contributed by atoms with Gasteiger partial charge in [0.15, 0.2) is 0 Å². The monoisotopic (exact) mass is 790 g/mol. The largest absolute Gasteiger partial charge is 0.310 e. The zero-order valence-corrected chi connectivity index (χ0v) is 34.1. The molecule has 11 rings (SSSR count). The van der Waals surface area contributed by atoms with Crippen molar-refractivity contribution in [3.05, 3.63) is 255 Å². The van der Waals surface area contributed by atoms with Gasteiger partial charge in [0.2, 0.25) is 0 Å². The molecule has 0 saturated carbocycles. The van der Waals surface area contributed by atoms with E-state index in [4.69, 9.17) is 0 Å². The van der Waals surface area contributed by atoms with Crippen molar-refractivity contribution >= 4 is 38.9 Å². The second-order valence-corrected chi connectivity index (χ2v) is 15.7. The van der Waals surface area contributed by atoms with Gasteiger partial charge in [0.25, 0.3) is 0 Å². The van der Waals surface area contributed by atoms with Crippen molar-refractivity contribution in [2.75, 3.05) is 4.90 Å². The Morgan fingerprint density at radius 2 is 0.694 bits per heavy atom. The van der Waals surface area contributed by atoms with Crippen LogP contribution in [0.1, 0.15) is 0 Å². The van der Waals surface area contributed by atoms with E-state index >= 15 is 0 Å². The van der Waals surface area contributed by atoms with Crippen LogP contribution in [-0.2, 0) is 0 Å². The minimum atomic E-state index is 1.07. The highest BCUT2D eigenvalue weighted by atomic mass is 15.1. The Labute approximate surface area is 362 Å². The molecule has 1 heterocycles. The van der Waals surface area contributed by atoms with Gasteiger partial charge in [-0.15, -0.1) is 0 Å². The fourth-order valence-electron chi connectivity index (χ4n) is 9.13. The van der Waals surface area contributed by atoms with Crippen LogP contribution < -0.4 is 4.90 Å². The van der Waals surface area contributed by atoms with Gasteiger partial charge < -0.3 is 9.47 Å². The highest BCUT2D eigenvalue weighted by Gasteiger charge is 2.23. The van der Waals surface area contributed by atoms with E-state index < -0.39 is 0 Å². The second kappa shape index (κ2) is 16.1. The van der Waals surface area contributed by atoms with Gasteiger partial charge in [0, 0.05) is 33.4 Å². The van der Waals surface area contributed by atoms with Crippen LogP contribution in [-0.4, -0.2) is 4.57 Å². The molecule has 0 aliphatic carbocycles. The molecule has 2 heteroatoms. The summed E-state index contributed by atoms with van der Waals surface area (Å²) in [6, 6.07) is 92.1. The molecule has 0 amide bonds. The quantitative estimate of drug-likeness (QED) is 0.141. The molecule has 1 aromatic heterocycles. The van der Waals surface area contributed by atoms with Gasteiger partial charge in [-0.05, 0) is 111 Å². The first-order valence-electron chi connectivity index (χ1n) is 21.3. The molecule has 0 aliphatic rings. The highest BCUT2D eigenvalue weighted by Crippen LogP contribution is 2.48. The summed E-state index contributed by atoms with van der Waals surface area (Å²) >= 11 is 0. The number of hydrogen-bond acceptors (Lipinski definition) is 1. The minimum Gasteiger partial charge on any atom is -0.310 e. The van der Waals surface area contributed by atoms with Gasteiger partial charge in [-0.25, -0.2) is 0 Å². The smallest absolute Gasteiger partial charge is 0.0546 e. The van der Waals surface area contributed by atoms with E-state index in [1.807, 2.05) is 0 Å². The van der Waals surface area contributed by atoms with Crippen molar-refractivity contribution in [2.24, 2.45) is 0 Å². The third-order valence-electron chi connectivity index (χ3n) is 12.0. The van der Waals surface area contributed by atoms with Crippen LogP contribution in [0.25, 0.3) is 83.1 Å². The molecule has 11 aromatic rings. The van der Waals surface area contributed by atoms with E-state index in [-0.39, 0.29) is 0 Å². The fraction of sp³-hybridized carbons (Fsp3) is 0. The number of aromatic nitrogens is 1. The van der Waals surface area contributed by atoms with E-state index in [0.29, 0.717) is 0 Å². The Kier molecular flexibility index (Phi) is 9.57. The van der Waals surface area contributed by atoms with E-state index in [2.05, 4.69) is 264 Å². The van der Waals surface area contributed by atoms with Crippen LogP contribution in [0.4, 0.5) is 17.1 Å². The summed E-state index contributed by atoms with van der Waals surface area (Å²) in [6.45, 7) is 0. The van der Waals surface area contributed by atoms with Gasteiger partial charge in [0.05, 0.1) is 16.7 Å². The van der Waals surface area contributed by atoms with Crippen molar-refractivity contribution in [2.45, 2.75) is 0 Å². The number of hydrogen-bond donors (Lipinski definition) is 0. The molecule has 0 fully saturated rings. The summed E-state index contributed by atoms with van der Waals surface area (Å²) in [6.07, 6.45) is 0. The van der Waals surface area contributed by atoms with Gasteiger partial charge in [-0.1, -0.05) is 194 Å². The Hall–Kier alpha value is -8.20. The lowest BCUT2D eigenvalue weighted by Crippen LogP contribution is -2.12. The molecule has 0 spiro atoms. The topological polar surface area (TPSA) is 8.17 Å². The first-order chi connectivity index (χ1) is 30.8. The van der Waals surface area contributed by atoms with Crippen molar-refractivity contribution in [1.82, 2.24) is 4.57 Å². The number of anilines is 3. The summed E-state index contributed by atoms with van der Waals surface area (Å²) in [7, 11) is 0. The number of para-hydroxylation sites is 2. The number of benzene rings is 10. The predicted octanol–water partition coefficient (Wildman–Crippen LogP) is 16.6. The van der Waals surface area contributed by atoms with Crippen LogP contribution in [0.3, 0.4) is 0 Å². The maximum atomic E-state index is 2.43. The van der Waals surface area contributed by atoms with E-state index in [9.17, 15) is 0 Å². The molecule has 2 nitrogen and oxygen atoms in total. The Morgan fingerprint density at radius 3 is 1.29 bits per heavy atom. The van der Waals surface area contributed by atoms with Crippen molar-refractivity contribution in [3.63, 3.8) is 0 Å². The molecule has 292 valence electrons. The summed E-state index contributed by atoms with van der Waals surface area (Å²) in [4.78, 5) is 2.43. The SMILES string of the molecule is c1ccc(-c2cccc(-c3ccc(N(c4ccc(-n5c6ccccc6c6ccccc65)cc4)c4cccc(-c5ccccc5)c4-c4ccccc4-c4ccccc4)cc3)c2)cc1. The molecule has 10 aromatic carbocycles. The summed E-state index contributed by atoms with van der Waals surface area (Å²) in [5.74, 6) is 0. The van der Waals surface area contributed by atoms with Crippen LogP contribution >= 0.6 is 0 Å². The van der Waals surface area contributed by atoms with Crippen LogP contribution in [0.5, 0.6) is 0 Å². The van der Waals surface area contributed by atoms with Crippen LogP contribution in [0, 0.1) is 0 Å². The van der Waals surface area contributed by atoms with E-state index in [0.717, 1.165) is 22.7 Å². The molecular formula is C60H42N2. The molecule has 0 radical (unpaired) electrons. The summed E-state index contributed by atoms with van der Waals surface area (Å²) in [5.41, 5.74) is 18.6. The Morgan fingerprint density at radius 1 is 0.274 bits per heavy atom. The van der Waals surface area contributed by atoms with Crippen molar-refractivity contribution < 1.29 is 0 Å². The van der Waals surface area contributed by atoms with E-state index in [1.165, 1.54) is 77.4 Å². The van der Waals surface area contributed by atoms with Gasteiger partial charge in [-0.2, -0.15) is 0 Å². The first kappa shape index (κ1) is 36.8. The van der Waals surface area contributed by atoms with Gasteiger partial charge in [-0.3, -0.25) is 0 Å². The van der Waals surface area contributed by atoms with Crippen molar-refractivity contribution in [1.29, 1.82) is 0 Å². The number of rotatable bonds is 9. The molecular weight excluding hydrogens is 749 g/mol. The predicted molar refractivity (Wildman–Crippen MR) is 263 cm³/mol. The Balaban J connectivity index is 1.11. The highest BCUT2D eigenvalue weighted by molar-refractivity contribution is 6.09. The normalized spacial score (nSPS) is 11.2. The average Bonchev–Trinajstić information content (AvgIpc) is 3.70. The molecule has 0 atom stereocenters. The average molecular weight is 791 g/mol. The van der Waals surface area contributed by atoms with Crippen LogP contribution in [0.2, 0.25) is 0 Å². The van der Waals surface area contributed by atoms with E-state index in [1.54, 1.807) is 0 Å². The maximum absolute atomic E-state index is 2.43. The molecule has 62 heavy (non-hydrogen) atoms. The zero-order valence-electron chi connectivity index (χ0n) is 34.1. The third-order valence-corrected chi connectivity index (χ3v) is 12.0. The molecule has 0 N–H and O–H groups in total. The molecule has 0 saturated heterocycles. The standard InChI is InChI=1S/C60H42N2/c1-4-18-43(19-5-1)47-24-16-25-48(42-47)44-34-36-49(37-35-44)61(50-38-40-51(41-39-50)62-57-31-14-12-27-54(57)55-28-13-15-32-58(55)62)59-33-17-30-53(46-22-8-3-9-23-46)60(59)56-29-11-10-26-52(56)45-20-6-2-7-21-45/h1-42H. The third kappa shape index (κ3) is 6.74. The van der Waals surface area contributed by atoms with Crippen LogP contribution in [0.15, 0.2) is 255 Å². The first-order valence-corrected chi connectivity index (χ1v) is 21.3. The van der Waals surface area contributed by atoms with Gasteiger partial charge in [0.1, 0.15) is 0 Å². The lowest BCUT2D eigenvalue weighted by atomic mass is 9.87. The number of fused-ring (bicyclic) bond motifs is 3. The minimum absolute atomic E-state index is 1.07. The lowest BCUT2D eigenvalue weighted by molar-refractivity contribution is 1.17. The molecule has 0 unspecified atom stereocenters. The summed E-state index contributed by atoms with van der Waals surface area (Å²) in [5, 5.41) is 2.50. The number of nitrogens with zero attached hydrogens (tertiary/aromatic N) is 2. The van der Waals surface area contributed by atoms with Crippen molar-refractivity contribution in [3.8, 4) is 61.3 Å². The maximum Gasteiger partial charge on any atom is 0.0546 e. The zero-order chi connectivity index (χ0) is 41.2. The van der Waals surface area contributed by atoms with Gasteiger partial charge >= 0.3 is 0 Å². The molecule has 0 aliphatic heterocycles. The fourth-order valence-corrected chi connectivity index (χ4v) is 9.13. The Bertz CT molecular complexity index is 3260. The molecule has 0 bridgehead atoms. The second-order valence-electron chi connectivity index (χ2n) is 15.7.